The first-order valence-electron chi connectivity index (χ1n) is 3.67. The number of hydrogen-bond donors (Lipinski definition) is 1. The predicted molar refractivity (Wildman–Crippen MR) is 43.4 cm³/mol. The van der Waals surface area contributed by atoms with Gasteiger partial charge in [0.1, 0.15) is 6.23 Å². The van der Waals surface area contributed by atoms with E-state index in [1.165, 1.54) is 0 Å². The van der Waals surface area contributed by atoms with Crippen molar-refractivity contribution >= 4 is 0 Å². The summed E-state index contributed by atoms with van der Waals surface area (Å²) in [4.78, 5) is 0. The zero-order valence-electron chi connectivity index (χ0n) is 7.35. The van der Waals surface area contributed by atoms with Crippen LogP contribution in [0.1, 0.15) is 34.1 Å². The number of rotatable bonds is 3. The standard InChI is InChI=1S/C8H18NO/c1-5-6-7(9)10-8(2,3)4/h5,7H,6,9H2,1-4H3/t7-/m1/s1. The van der Waals surface area contributed by atoms with Crippen LogP contribution in [0.3, 0.4) is 0 Å². The highest BCUT2D eigenvalue weighted by Crippen LogP contribution is 2.10. The van der Waals surface area contributed by atoms with E-state index in [0.717, 1.165) is 6.42 Å². The van der Waals surface area contributed by atoms with Gasteiger partial charge in [-0.1, -0.05) is 6.92 Å². The van der Waals surface area contributed by atoms with Gasteiger partial charge in [-0.25, -0.2) is 0 Å². The summed E-state index contributed by atoms with van der Waals surface area (Å²) >= 11 is 0. The fourth-order valence-electron chi connectivity index (χ4n) is 0.735. The Balaban J connectivity index is 3.47. The minimum absolute atomic E-state index is 0.123. The second-order valence-electron chi connectivity index (χ2n) is 3.41. The molecule has 0 aromatic rings. The molecule has 0 spiro atoms. The molecule has 0 aliphatic rings. The average molecular weight is 144 g/mol. The maximum atomic E-state index is 5.62. The third-order valence-corrected chi connectivity index (χ3v) is 0.973. The molecule has 0 aromatic heterocycles. The third kappa shape index (κ3) is 6.05. The molecule has 0 aliphatic carbocycles. The molecule has 1 radical (unpaired) electrons. The Morgan fingerprint density at radius 2 is 2.00 bits per heavy atom. The zero-order valence-corrected chi connectivity index (χ0v) is 7.35. The molecule has 0 amide bonds. The van der Waals surface area contributed by atoms with Crippen LogP contribution in [0.25, 0.3) is 0 Å². The summed E-state index contributed by atoms with van der Waals surface area (Å²) < 4.78 is 5.42. The fraction of sp³-hybridized carbons (Fsp3) is 0.875. The first-order valence-corrected chi connectivity index (χ1v) is 3.67. The summed E-state index contributed by atoms with van der Waals surface area (Å²) in [6, 6.07) is 0. The summed E-state index contributed by atoms with van der Waals surface area (Å²) in [5, 5.41) is 0. The smallest absolute Gasteiger partial charge is 0.106 e. The Labute approximate surface area is 63.7 Å². The Morgan fingerprint density at radius 1 is 1.50 bits per heavy atom. The van der Waals surface area contributed by atoms with Gasteiger partial charge in [-0.2, -0.15) is 0 Å². The van der Waals surface area contributed by atoms with Crippen molar-refractivity contribution in [3.63, 3.8) is 0 Å². The van der Waals surface area contributed by atoms with Crippen molar-refractivity contribution in [2.75, 3.05) is 0 Å². The molecule has 10 heavy (non-hydrogen) atoms. The van der Waals surface area contributed by atoms with Crippen LogP contribution in [0.15, 0.2) is 0 Å². The van der Waals surface area contributed by atoms with Crippen LogP contribution in [0.2, 0.25) is 0 Å². The Bertz CT molecular complexity index is 85.7. The number of ether oxygens (including phenoxy) is 1. The van der Waals surface area contributed by atoms with Crippen molar-refractivity contribution in [2.24, 2.45) is 5.73 Å². The normalized spacial score (nSPS) is 15.3. The quantitative estimate of drug-likeness (QED) is 0.612. The molecule has 61 valence electrons. The number of hydrogen-bond acceptors (Lipinski definition) is 2. The molecule has 2 nitrogen and oxygen atoms in total. The molecule has 0 fully saturated rings. The molecule has 2 heteroatoms. The van der Waals surface area contributed by atoms with Gasteiger partial charge in [0.05, 0.1) is 5.60 Å². The molecule has 0 saturated heterocycles. The van der Waals surface area contributed by atoms with E-state index in [4.69, 9.17) is 10.5 Å². The Morgan fingerprint density at radius 3 is 2.30 bits per heavy atom. The van der Waals surface area contributed by atoms with Crippen LogP contribution < -0.4 is 5.73 Å². The van der Waals surface area contributed by atoms with Gasteiger partial charge in [0.2, 0.25) is 0 Å². The predicted octanol–water partition coefficient (Wildman–Crippen LogP) is 1.70. The SMILES string of the molecule is C[CH]C[C@H](N)OC(C)(C)C. The molecular weight excluding hydrogens is 126 g/mol. The van der Waals surface area contributed by atoms with Gasteiger partial charge in [0, 0.05) is 0 Å². The lowest BCUT2D eigenvalue weighted by molar-refractivity contribution is -0.0564. The summed E-state index contributed by atoms with van der Waals surface area (Å²) in [6.45, 7) is 7.99. The maximum absolute atomic E-state index is 5.62. The fourth-order valence-corrected chi connectivity index (χ4v) is 0.735. The van der Waals surface area contributed by atoms with E-state index in [2.05, 4.69) is 0 Å². The average Bonchev–Trinajstić information content (AvgIpc) is 1.59. The van der Waals surface area contributed by atoms with Gasteiger partial charge in [-0.3, -0.25) is 0 Å². The van der Waals surface area contributed by atoms with E-state index in [0.29, 0.717) is 0 Å². The number of nitrogens with two attached hydrogens (primary N) is 1. The highest BCUT2D eigenvalue weighted by molar-refractivity contribution is 4.66. The molecule has 0 unspecified atom stereocenters. The van der Waals surface area contributed by atoms with Crippen molar-refractivity contribution in [1.82, 2.24) is 0 Å². The summed E-state index contributed by atoms with van der Waals surface area (Å²) in [5.41, 5.74) is 5.49. The monoisotopic (exact) mass is 144 g/mol. The first kappa shape index (κ1) is 9.92. The lowest BCUT2D eigenvalue weighted by Crippen LogP contribution is -2.33. The van der Waals surface area contributed by atoms with Crippen LogP contribution in [0, 0.1) is 6.42 Å². The Hall–Kier alpha value is -0.0800. The van der Waals surface area contributed by atoms with Crippen molar-refractivity contribution < 1.29 is 4.74 Å². The van der Waals surface area contributed by atoms with E-state index in [9.17, 15) is 0 Å². The van der Waals surface area contributed by atoms with Crippen LogP contribution in [0.4, 0.5) is 0 Å². The largest absolute Gasteiger partial charge is 0.358 e. The first-order chi connectivity index (χ1) is 4.45. The highest BCUT2D eigenvalue weighted by atomic mass is 16.5. The molecule has 0 saturated carbocycles. The summed E-state index contributed by atoms with van der Waals surface area (Å²) in [6.07, 6.45) is 2.68. The van der Waals surface area contributed by atoms with E-state index in [1.54, 1.807) is 0 Å². The molecule has 0 aromatic carbocycles. The van der Waals surface area contributed by atoms with Gasteiger partial charge < -0.3 is 10.5 Å². The second kappa shape index (κ2) is 3.94. The van der Waals surface area contributed by atoms with Crippen LogP contribution in [-0.2, 0) is 4.74 Å². The van der Waals surface area contributed by atoms with E-state index in [-0.39, 0.29) is 11.8 Å². The molecule has 0 rings (SSSR count). The molecular formula is C8H18NO. The van der Waals surface area contributed by atoms with E-state index < -0.39 is 0 Å². The van der Waals surface area contributed by atoms with Gasteiger partial charge >= 0.3 is 0 Å². The van der Waals surface area contributed by atoms with Crippen molar-refractivity contribution in [3.05, 3.63) is 6.42 Å². The molecule has 0 heterocycles. The molecule has 0 bridgehead atoms. The minimum atomic E-state index is -0.148. The minimum Gasteiger partial charge on any atom is -0.358 e. The lowest BCUT2D eigenvalue weighted by atomic mass is 10.2. The van der Waals surface area contributed by atoms with Crippen LogP contribution >= 0.6 is 0 Å². The lowest BCUT2D eigenvalue weighted by Gasteiger charge is -2.24. The Kier molecular flexibility index (Phi) is 3.91. The molecule has 2 N–H and O–H groups in total. The van der Waals surface area contributed by atoms with Crippen molar-refractivity contribution in [3.8, 4) is 0 Å². The molecule has 1 atom stereocenters. The highest BCUT2D eigenvalue weighted by Gasteiger charge is 2.14. The van der Waals surface area contributed by atoms with Gasteiger partial charge in [-0.05, 0) is 33.6 Å². The van der Waals surface area contributed by atoms with Crippen LogP contribution in [0.5, 0.6) is 0 Å². The summed E-state index contributed by atoms with van der Waals surface area (Å²) in [5.74, 6) is 0. The van der Waals surface area contributed by atoms with Gasteiger partial charge in [-0.15, -0.1) is 0 Å². The van der Waals surface area contributed by atoms with E-state index in [1.807, 2.05) is 34.1 Å². The van der Waals surface area contributed by atoms with Crippen molar-refractivity contribution in [1.29, 1.82) is 0 Å². The zero-order chi connectivity index (χ0) is 8.20. The summed E-state index contributed by atoms with van der Waals surface area (Å²) in [7, 11) is 0. The maximum Gasteiger partial charge on any atom is 0.106 e. The van der Waals surface area contributed by atoms with E-state index >= 15 is 0 Å². The van der Waals surface area contributed by atoms with Crippen LogP contribution in [-0.4, -0.2) is 11.8 Å². The van der Waals surface area contributed by atoms with Crippen molar-refractivity contribution in [2.45, 2.75) is 45.9 Å². The molecule has 0 aliphatic heterocycles. The van der Waals surface area contributed by atoms with Gasteiger partial charge in [0.15, 0.2) is 0 Å². The third-order valence-electron chi connectivity index (χ3n) is 0.973. The van der Waals surface area contributed by atoms with Gasteiger partial charge in [0.25, 0.3) is 0 Å². The second-order valence-corrected chi connectivity index (χ2v) is 3.41. The topological polar surface area (TPSA) is 35.2 Å².